The Morgan fingerprint density at radius 1 is 0.500 bits per heavy atom. The maximum atomic E-state index is 12.0. The highest BCUT2D eigenvalue weighted by Gasteiger charge is 2.36. The highest BCUT2D eigenvalue weighted by atomic mass is 16.6. The van der Waals surface area contributed by atoms with Crippen molar-refractivity contribution in [1.82, 2.24) is 9.80 Å². The molecule has 0 aliphatic carbocycles. The Balaban J connectivity index is 1.20. The fourth-order valence-electron chi connectivity index (χ4n) is 8.79. The quantitative estimate of drug-likeness (QED) is 0.0198. The Hall–Kier alpha value is -5.15. The Labute approximate surface area is 415 Å². The van der Waals surface area contributed by atoms with Gasteiger partial charge in [-0.05, 0) is 68.6 Å². The molecule has 7 rings (SSSR count). The highest BCUT2D eigenvalue weighted by molar-refractivity contribution is 6.62. The molecule has 2 aliphatic heterocycles. The average Bonchev–Trinajstić information content (AvgIpc) is 3.34. The van der Waals surface area contributed by atoms with Crippen molar-refractivity contribution in [1.29, 1.82) is 0 Å². The van der Waals surface area contributed by atoms with Gasteiger partial charge < -0.3 is 37.6 Å². The maximum absolute atomic E-state index is 12.0. The first-order valence-corrected chi connectivity index (χ1v) is 24.5. The third-order valence-corrected chi connectivity index (χ3v) is 12.5. The van der Waals surface area contributed by atoms with Gasteiger partial charge in [0.25, 0.3) is 0 Å². The molecule has 2 heterocycles. The Morgan fingerprint density at radius 2 is 0.829 bits per heavy atom. The van der Waals surface area contributed by atoms with Gasteiger partial charge in [-0.25, -0.2) is 9.59 Å². The molecular weight excluding hydrogens is 882 g/mol. The number of carbonyl (C=O) groups excluding carboxylic acids is 2. The standard InChI is InChI=1S/C56H70B2N2O10/c1-41(2)53(61)65-31-29-63-27-25-59(33-43-17-9-15-23-51(43)57-67-37-55(5,6)38-68-57)35-49-45-19-11-13-21-47(45)50(48-22-14-12-20-46(48)49)36-60(26-28-64-30-32-66-54(62)42(3)4)34-44-18-10-16-24-52(44)58-69-39-56(7,8)40-70-58/h9-24H,1,3,25-40H2,2,4-8H3. The molecule has 370 valence electrons. The Bertz CT molecular complexity index is 2350. The number of hydrogen-bond acceptors (Lipinski definition) is 12. The van der Waals surface area contributed by atoms with Crippen molar-refractivity contribution in [2.24, 2.45) is 10.8 Å². The van der Waals surface area contributed by atoms with Gasteiger partial charge in [-0.15, -0.1) is 0 Å². The molecule has 0 bridgehead atoms. The van der Waals surface area contributed by atoms with Crippen LogP contribution in [0.1, 0.15) is 63.8 Å². The van der Waals surface area contributed by atoms with Gasteiger partial charge in [0, 0.05) is 87.7 Å². The van der Waals surface area contributed by atoms with Crippen molar-refractivity contribution in [3.63, 3.8) is 0 Å². The molecule has 0 aromatic heterocycles. The van der Waals surface area contributed by atoms with Crippen LogP contribution in [0.4, 0.5) is 0 Å². The van der Waals surface area contributed by atoms with Gasteiger partial charge in [-0.2, -0.15) is 0 Å². The molecule has 0 saturated carbocycles. The summed E-state index contributed by atoms with van der Waals surface area (Å²) in [4.78, 5) is 28.9. The summed E-state index contributed by atoms with van der Waals surface area (Å²) in [6.45, 7) is 27.1. The second-order valence-electron chi connectivity index (χ2n) is 20.2. The van der Waals surface area contributed by atoms with Gasteiger partial charge in [-0.3, -0.25) is 9.80 Å². The smallest absolute Gasteiger partial charge is 0.460 e. The third kappa shape index (κ3) is 14.5. The molecule has 5 aromatic rings. The van der Waals surface area contributed by atoms with Crippen LogP contribution < -0.4 is 10.9 Å². The number of hydrogen-bond donors (Lipinski definition) is 0. The number of fused-ring (bicyclic) bond motifs is 2. The minimum Gasteiger partial charge on any atom is -0.460 e. The van der Waals surface area contributed by atoms with Crippen LogP contribution in [-0.2, 0) is 73.3 Å². The number of carbonyl (C=O) groups is 2. The number of nitrogens with zero attached hydrogens (tertiary/aromatic N) is 2. The van der Waals surface area contributed by atoms with E-state index in [-0.39, 0.29) is 37.3 Å². The van der Waals surface area contributed by atoms with Crippen molar-refractivity contribution in [3.8, 4) is 0 Å². The molecule has 0 N–H and O–H groups in total. The van der Waals surface area contributed by atoms with Crippen LogP contribution in [-0.4, -0.2) is 115 Å². The minimum atomic E-state index is -0.458. The predicted octanol–water partition coefficient (Wildman–Crippen LogP) is 7.81. The summed E-state index contributed by atoms with van der Waals surface area (Å²) in [6.07, 6.45) is 0. The molecule has 12 nitrogen and oxygen atoms in total. The van der Waals surface area contributed by atoms with Gasteiger partial charge in [-0.1, -0.05) is 138 Å². The Kier molecular flexibility index (Phi) is 18.7. The van der Waals surface area contributed by atoms with Crippen LogP contribution in [0.2, 0.25) is 0 Å². The Morgan fingerprint density at radius 3 is 1.17 bits per heavy atom. The van der Waals surface area contributed by atoms with E-state index in [1.165, 1.54) is 32.7 Å². The van der Waals surface area contributed by atoms with E-state index in [9.17, 15) is 9.59 Å². The molecule has 0 unspecified atom stereocenters. The van der Waals surface area contributed by atoms with Gasteiger partial charge in [0.05, 0.1) is 26.4 Å². The van der Waals surface area contributed by atoms with Crippen LogP contribution >= 0.6 is 0 Å². The molecule has 14 heteroatoms. The van der Waals surface area contributed by atoms with E-state index in [4.69, 9.17) is 37.6 Å². The third-order valence-electron chi connectivity index (χ3n) is 12.5. The molecule has 5 aromatic carbocycles. The number of esters is 2. The molecule has 2 saturated heterocycles. The average molecular weight is 953 g/mol. The van der Waals surface area contributed by atoms with E-state index in [1.54, 1.807) is 13.8 Å². The van der Waals surface area contributed by atoms with Gasteiger partial charge in [0.1, 0.15) is 13.2 Å². The summed E-state index contributed by atoms with van der Waals surface area (Å²) < 4.78 is 48.1. The molecule has 0 atom stereocenters. The monoisotopic (exact) mass is 953 g/mol. The van der Waals surface area contributed by atoms with E-state index >= 15 is 0 Å². The molecule has 0 amide bonds. The van der Waals surface area contributed by atoms with E-state index in [2.05, 4.69) is 136 Å². The number of rotatable bonds is 24. The lowest BCUT2D eigenvalue weighted by molar-refractivity contribution is -0.141. The lowest BCUT2D eigenvalue weighted by atomic mass is 9.73. The molecule has 0 radical (unpaired) electrons. The number of benzene rings is 5. The second-order valence-corrected chi connectivity index (χ2v) is 20.2. The lowest BCUT2D eigenvalue weighted by Crippen LogP contribution is -2.49. The molecule has 2 aliphatic rings. The fraction of sp³-hybridized carbons (Fsp3) is 0.429. The number of ether oxygens (including phenoxy) is 4. The SMILES string of the molecule is C=C(C)C(=O)OCCOCCN(Cc1ccccc1B1OCC(C)(C)CO1)Cc1c2ccccc2c(CN(CCOCCOC(=O)C(=C)C)Cc2ccccc2B2OCC(C)(C)CO2)c2ccccc12. The zero-order valence-corrected chi connectivity index (χ0v) is 42.1. The first kappa shape index (κ1) is 52.7. The molecular formula is C56H70B2N2O10. The van der Waals surface area contributed by atoms with Crippen LogP contribution in [0, 0.1) is 10.8 Å². The zero-order chi connectivity index (χ0) is 49.7. The summed E-state index contributed by atoms with van der Waals surface area (Å²) in [7, 11) is -0.916. The summed E-state index contributed by atoms with van der Waals surface area (Å²) in [6, 6.07) is 34.2. The van der Waals surface area contributed by atoms with Crippen LogP contribution in [0.5, 0.6) is 0 Å². The zero-order valence-electron chi connectivity index (χ0n) is 42.1. The van der Waals surface area contributed by atoms with Crippen LogP contribution in [0.25, 0.3) is 21.5 Å². The van der Waals surface area contributed by atoms with E-state index in [1.807, 2.05) is 12.1 Å². The summed E-state index contributed by atoms with van der Waals surface area (Å²) in [5.41, 5.74) is 7.30. The fourth-order valence-corrected chi connectivity index (χ4v) is 8.79. The van der Waals surface area contributed by atoms with Gasteiger partial charge >= 0.3 is 26.2 Å². The van der Waals surface area contributed by atoms with Crippen molar-refractivity contribution in [2.45, 2.75) is 67.7 Å². The summed E-state index contributed by atoms with van der Waals surface area (Å²) >= 11 is 0. The second kappa shape index (κ2) is 24.8. The summed E-state index contributed by atoms with van der Waals surface area (Å²) in [5, 5.41) is 4.69. The molecule has 70 heavy (non-hydrogen) atoms. The summed E-state index contributed by atoms with van der Waals surface area (Å²) in [5.74, 6) is -0.847. The lowest BCUT2D eigenvalue weighted by Gasteiger charge is -2.34. The molecule has 0 spiro atoms. The van der Waals surface area contributed by atoms with Gasteiger partial charge in [0.15, 0.2) is 0 Å². The largest absolute Gasteiger partial charge is 0.494 e. The van der Waals surface area contributed by atoms with E-state index < -0.39 is 26.2 Å². The van der Waals surface area contributed by atoms with Gasteiger partial charge in [0.2, 0.25) is 0 Å². The maximum Gasteiger partial charge on any atom is 0.494 e. The first-order chi connectivity index (χ1) is 33.7. The highest BCUT2D eigenvalue weighted by Crippen LogP contribution is 2.35. The van der Waals surface area contributed by atoms with Crippen LogP contribution in [0.3, 0.4) is 0 Å². The topological polar surface area (TPSA) is 114 Å². The molecule has 2 fully saturated rings. The van der Waals surface area contributed by atoms with Crippen molar-refractivity contribution >= 4 is 58.6 Å². The van der Waals surface area contributed by atoms with E-state index in [0.717, 1.165) is 22.1 Å². The van der Waals surface area contributed by atoms with E-state index in [0.29, 0.717) is 90.1 Å². The first-order valence-electron chi connectivity index (χ1n) is 24.5. The van der Waals surface area contributed by atoms with Crippen LogP contribution in [0.15, 0.2) is 121 Å². The normalized spacial score (nSPS) is 15.7. The van der Waals surface area contributed by atoms with Crippen molar-refractivity contribution in [3.05, 3.63) is 144 Å². The predicted molar refractivity (Wildman–Crippen MR) is 278 cm³/mol. The van der Waals surface area contributed by atoms with Crippen molar-refractivity contribution in [2.75, 3.05) is 79.2 Å². The minimum absolute atomic E-state index is 0.0593. The van der Waals surface area contributed by atoms with Crippen molar-refractivity contribution < 1.29 is 47.2 Å².